The van der Waals surface area contributed by atoms with Crippen molar-refractivity contribution in [2.45, 2.75) is 67.9 Å². The van der Waals surface area contributed by atoms with E-state index in [0.717, 1.165) is 27.8 Å². The van der Waals surface area contributed by atoms with Crippen LogP contribution in [0.4, 0.5) is 5.13 Å². The Morgan fingerprint density at radius 1 is 0.826 bits per heavy atom. The molecule has 2 unspecified atom stereocenters. The minimum absolute atomic E-state index is 0.000528. The van der Waals surface area contributed by atoms with E-state index in [9.17, 15) is 23.4 Å². The second kappa shape index (κ2) is 19.8. The Morgan fingerprint density at radius 3 is 1.81 bits per heavy atom. The lowest BCUT2D eigenvalue weighted by molar-refractivity contribution is -0.172. The fraction of sp³-hybridized carbons (Fsp3) is 0.245. The van der Waals surface area contributed by atoms with Crippen molar-refractivity contribution < 1.29 is 37.7 Å². The van der Waals surface area contributed by atoms with Gasteiger partial charge in [0.25, 0.3) is 11.8 Å². The highest BCUT2D eigenvalue weighted by Crippen LogP contribution is 2.44. The Hall–Kier alpha value is -6.50. The molecule has 352 valence electrons. The molecule has 0 radical (unpaired) electrons. The van der Waals surface area contributed by atoms with Gasteiger partial charge in [-0.05, 0) is 54.2 Å². The molecule has 2 amide bonds. The number of nitrogens with zero attached hydrogens (tertiary/aromatic N) is 3. The van der Waals surface area contributed by atoms with Crippen molar-refractivity contribution in [3.8, 4) is 0 Å². The third-order valence-corrected chi connectivity index (χ3v) is 15.3. The topological polar surface area (TPSA) is 166 Å². The van der Waals surface area contributed by atoms with E-state index < -0.39 is 68.8 Å². The number of rotatable bonds is 16. The summed E-state index contributed by atoms with van der Waals surface area (Å²) in [6, 6.07) is 47.1. The molecule has 3 heterocycles. The fourth-order valence-corrected chi connectivity index (χ4v) is 11.9. The first-order valence-electron chi connectivity index (χ1n) is 22.3. The predicted octanol–water partition coefficient (Wildman–Crippen LogP) is 8.58. The van der Waals surface area contributed by atoms with Gasteiger partial charge in [0.2, 0.25) is 5.60 Å². The lowest BCUT2D eigenvalue weighted by Crippen LogP contribution is -2.74. The molecule has 3 atom stereocenters. The molecule has 13 nitrogen and oxygen atoms in total. The van der Waals surface area contributed by atoms with Crippen molar-refractivity contribution in [3.05, 3.63) is 202 Å². The first-order chi connectivity index (χ1) is 33.3. The summed E-state index contributed by atoms with van der Waals surface area (Å²) in [5.74, 6) is -2.93. The summed E-state index contributed by atoms with van der Waals surface area (Å²) >= 11 is 3.30. The number of carbonyl (C=O) groups excluding carboxylic acids is 4. The van der Waals surface area contributed by atoms with Gasteiger partial charge in [-0.15, -0.1) is 11.3 Å². The summed E-state index contributed by atoms with van der Waals surface area (Å²) in [4.78, 5) is 68.8. The molecule has 2 aliphatic heterocycles. The van der Waals surface area contributed by atoms with Crippen molar-refractivity contribution in [1.29, 1.82) is 0 Å². The van der Waals surface area contributed by atoms with Crippen LogP contribution in [-0.4, -0.2) is 76.4 Å². The molecule has 1 saturated heterocycles. The molecule has 0 bridgehead atoms. The Kier molecular flexibility index (Phi) is 13.7. The third-order valence-electron chi connectivity index (χ3n) is 11.9. The normalized spacial score (nSPS) is 18.7. The van der Waals surface area contributed by atoms with Gasteiger partial charge in [-0.25, -0.2) is 14.6 Å². The van der Waals surface area contributed by atoms with Gasteiger partial charge in [-0.3, -0.25) is 18.7 Å². The zero-order valence-electron chi connectivity index (χ0n) is 37.9. The predicted molar refractivity (Wildman–Crippen MR) is 273 cm³/mol. The maximum absolute atomic E-state index is 14.7. The van der Waals surface area contributed by atoms with E-state index in [1.165, 1.54) is 16.2 Å². The van der Waals surface area contributed by atoms with Crippen LogP contribution in [0.15, 0.2) is 173 Å². The molecule has 2 fully saturated rings. The molecule has 1 saturated carbocycles. The number of fused-ring (bicyclic) bond motifs is 1. The monoisotopic (exact) mass is 1070 g/mol. The number of thiazole rings is 1. The zero-order chi connectivity index (χ0) is 48.3. The minimum Gasteiger partial charge on any atom is -0.457 e. The van der Waals surface area contributed by atoms with E-state index >= 15 is 0 Å². The summed E-state index contributed by atoms with van der Waals surface area (Å²) in [5, 5.41) is 11.7. The van der Waals surface area contributed by atoms with Gasteiger partial charge in [-0.2, -0.15) is 0 Å². The van der Waals surface area contributed by atoms with E-state index in [1.807, 2.05) is 152 Å². The fourth-order valence-electron chi connectivity index (χ4n) is 8.44. The van der Waals surface area contributed by atoms with Gasteiger partial charge in [0, 0.05) is 22.6 Å². The van der Waals surface area contributed by atoms with Crippen LogP contribution in [-0.2, 0) is 49.8 Å². The van der Waals surface area contributed by atoms with Gasteiger partial charge in [0.05, 0.1) is 16.6 Å². The van der Waals surface area contributed by atoms with Gasteiger partial charge < -0.3 is 24.9 Å². The number of β-lactam (4-membered cyclic amide) rings is 1. The second-order valence-electron chi connectivity index (χ2n) is 17.8. The quantitative estimate of drug-likeness (QED) is 0.0183. The second-order valence-corrected chi connectivity index (χ2v) is 21.0. The molecule has 0 spiro atoms. The standard InChI is InChI=1S/C53H48IN5O8S2/c1-51(2,3)66-49(63)52(29-30-52)67-58-41(40-32-68-50(55-40)57-53(37-23-13-6-14-24-37,38-25-15-7-16-26-38)39-27-17-8-18-28-39)45(60)56-42-46(61)59-43(36(31-54)33-69(64)47(42)59)48(62)65-44(34-19-9-4-10-20-34)35-21-11-5-12-22-35/h4-28,32,42,44,47H,29-31,33H2,1-3H3,(H,55,57)(H,56,60)/b58-41+/t42?,47-,69?/m1/s1. The number of hydrogen-bond donors (Lipinski definition) is 2. The molecule has 9 rings (SSSR count). The Labute approximate surface area is 420 Å². The van der Waals surface area contributed by atoms with E-state index in [2.05, 4.69) is 38.4 Å². The number of ether oxygens (including phenoxy) is 2. The maximum Gasteiger partial charge on any atom is 0.356 e. The summed E-state index contributed by atoms with van der Waals surface area (Å²) < 4.78 is 26.2. The van der Waals surface area contributed by atoms with Crippen molar-refractivity contribution in [3.63, 3.8) is 0 Å². The molecule has 2 N–H and O–H groups in total. The van der Waals surface area contributed by atoms with Crippen LogP contribution in [0.5, 0.6) is 0 Å². The molecule has 69 heavy (non-hydrogen) atoms. The summed E-state index contributed by atoms with van der Waals surface area (Å²) in [5.41, 5.74) is 1.27. The SMILES string of the molecule is CC(C)(C)OC(=O)C1(O/N=C(/C(=O)NC2C(=O)N3C(C(=O)OC(c4ccccc4)c4ccccc4)=C(CI)CS(=O)[C@H]23)c2csc(NC(c3ccccc3)(c3ccccc3)c3ccccc3)n2)CC1. The number of carbonyl (C=O) groups is 4. The van der Waals surface area contributed by atoms with Gasteiger partial charge in [-0.1, -0.05) is 179 Å². The Bertz CT molecular complexity index is 2810. The number of esters is 2. The first-order valence-corrected chi connectivity index (χ1v) is 26.1. The van der Waals surface area contributed by atoms with Crippen LogP contribution >= 0.6 is 33.9 Å². The van der Waals surface area contributed by atoms with Crippen molar-refractivity contribution in [1.82, 2.24) is 15.2 Å². The molecular formula is C53H48IN5O8S2. The highest BCUT2D eigenvalue weighted by atomic mass is 127. The average Bonchev–Trinajstić information content (AvgIpc) is 4.03. The molecule has 1 aromatic heterocycles. The van der Waals surface area contributed by atoms with Crippen LogP contribution in [0, 0.1) is 0 Å². The number of benzene rings is 5. The molecule has 5 aromatic carbocycles. The van der Waals surface area contributed by atoms with E-state index in [0.29, 0.717) is 28.0 Å². The largest absolute Gasteiger partial charge is 0.457 e. The van der Waals surface area contributed by atoms with Crippen LogP contribution in [0.1, 0.15) is 73.2 Å². The average molecular weight is 1070 g/mol. The van der Waals surface area contributed by atoms with Gasteiger partial charge >= 0.3 is 11.9 Å². The Balaban J connectivity index is 1.03. The van der Waals surface area contributed by atoms with Crippen molar-refractivity contribution >= 4 is 79.3 Å². The molecular weight excluding hydrogens is 1030 g/mol. The molecule has 6 aromatic rings. The van der Waals surface area contributed by atoms with Crippen LogP contribution in [0.3, 0.4) is 0 Å². The lowest BCUT2D eigenvalue weighted by Gasteiger charge is -2.49. The highest BCUT2D eigenvalue weighted by molar-refractivity contribution is 14.1. The third kappa shape index (κ3) is 9.74. The van der Waals surface area contributed by atoms with E-state index in [1.54, 1.807) is 26.2 Å². The number of nitrogens with one attached hydrogen (secondary N) is 2. The molecule has 3 aliphatic rings. The maximum atomic E-state index is 14.7. The number of hydrogen-bond acceptors (Lipinski definition) is 12. The van der Waals surface area contributed by atoms with E-state index in [-0.39, 0.29) is 22.9 Å². The van der Waals surface area contributed by atoms with E-state index in [4.69, 9.17) is 19.3 Å². The lowest BCUT2D eigenvalue weighted by atomic mass is 9.77. The number of amides is 2. The zero-order valence-corrected chi connectivity index (χ0v) is 41.7. The van der Waals surface area contributed by atoms with Crippen molar-refractivity contribution in [2.75, 3.05) is 15.5 Å². The molecule has 16 heteroatoms. The number of anilines is 1. The van der Waals surface area contributed by atoms with Crippen LogP contribution in [0.25, 0.3) is 0 Å². The highest BCUT2D eigenvalue weighted by Gasteiger charge is 2.59. The van der Waals surface area contributed by atoms with Crippen molar-refractivity contribution in [2.24, 2.45) is 5.16 Å². The van der Waals surface area contributed by atoms with Crippen LogP contribution < -0.4 is 10.6 Å². The number of oxime groups is 1. The summed E-state index contributed by atoms with van der Waals surface area (Å²) in [6.07, 6.45) is -0.200. The number of aromatic nitrogens is 1. The first kappa shape index (κ1) is 47.6. The van der Waals surface area contributed by atoms with Crippen LogP contribution in [0.2, 0.25) is 0 Å². The Morgan fingerprint density at radius 2 is 1.33 bits per heavy atom. The summed E-state index contributed by atoms with van der Waals surface area (Å²) in [6.45, 7) is 5.24. The number of halogens is 1. The van der Waals surface area contributed by atoms with Gasteiger partial charge in [0.1, 0.15) is 33.9 Å². The molecule has 1 aliphatic carbocycles. The number of alkyl halides is 1. The summed E-state index contributed by atoms with van der Waals surface area (Å²) in [7, 11) is -1.73. The minimum atomic E-state index is -1.73. The van der Waals surface area contributed by atoms with Gasteiger partial charge in [0.15, 0.2) is 16.9 Å². The smallest absolute Gasteiger partial charge is 0.356 e.